The van der Waals surface area contributed by atoms with Gasteiger partial charge in [-0.2, -0.15) is 13.2 Å². The quantitative estimate of drug-likeness (QED) is 0.247. The minimum atomic E-state index is -5.03. The topological polar surface area (TPSA) is 88.6 Å². The van der Waals surface area contributed by atoms with E-state index >= 15 is 0 Å². The van der Waals surface area contributed by atoms with Crippen molar-refractivity contribution in [3.05, 3.63) is 53.6 Å². The summed E-state index contributed by atoms with van der Waals surface area (Å²) < 4.78 is 61.1. The number of halogens is 4. The number of hydrogen-bond acceptors (Lipinski definition) is 7. The maximum Gasteiger partial charge on any atom is 0.431 e. The van der Waals surface area contributed by atoms with E-state index in [1.165, 1.54) is 20.0 Å². The minimum absolute atomic E-state index is 0.0368. The van der Waals surface area contributed by atoms with Gasteiger partial charge in [0, 0.05) is 25.4 Å². The first-order valence-corrected chi connectivity index (χ1v) is 10.2. The number of imide groups is 1. The van der Waals surface area contributed by atoms with Crippen LogP contribution in [0.25, 0.3) is 0 Å². The van der Waals surface area contributed by atoms with Crippen LogP contribution in [0.15, 0.2) is 47.3 Å². The number of benzene rings is 1. The number of allylic oxidation sites excluding steroid dienone is 1. The van der Waals surface area contributed by atoms with Gasteiger partial charge in [-0.1, -0.05) is 11.8 Å². The number of aryl methyl sites for hydroxylation is 1. The van der Waals surface area contributed by atoms with E-state index < -0.39 is 29.3 Å². The molecule has 0 radical (unpaired) electrons. The Kier molecular flexibility index (Phi) is 8.57. The lowest BCUT2D eigenvalue weighted by Crippen LogP contribution is -2.32. The molecule has 1 aromatic heterocycles. The lowest BCUT2D eigenvalue weighted by atomic mass is 10.1. The molecule has 0 aliphatic rings. The number of rotatable bonds is 9. The highest BCUT2D eigenvalue weighted by atomic mass is 32.2. The third-order valence-electron chi connectivity index (χ3n) is 4.09. The van der Waals surface area contributed by atoms with E-state index in [2.05, 4.69) is 4.98 Å². The summed E-state index contributed by atoms with van der Waals surface area (Å²) in [5, 5.41) is 1.94. The Hall–Kier alpha value is -3.41. The van der Waals surface area contributed by atoms with Gasteiger partial charge in [0.25, 0.3) is 5.91 Å². The smallest absolute Gasteiger partial charge is 0.431 e. The summed E-state index contributed by atoms with van der Waals surface area (Å²) in [6.45, 7) is 2.91. The van der Waals surface area contributed by atoms with Crippen molar-refractivity contribution in [1.29, 1.82) is 0 Å². The summed E-state index contributed by atoms with van der Waals surface area (Å²) >= 11 is 1.11. The number of nitrogens with zero attached hydrogens (tertiary/aromatic N) is 2. The Morgan fingerprint density at radius 1 is 1.27 bits per heavy atom. The molecule has 0 saturated heterocycles. The lowest BCUT2D eigenvalue weighted by Gasteiger charge is -2.26. The SMILES string of the molecule is CC(=O)CSc1ncccc1Oc1cc(N(C)/C(=C\C(=O)NC=O)C(F)(F)F)c(F)cc1C. The molecular formula is C21H19F4N3O4S. The van der Waals surface area contributed by atoms with E-state index in [-0.39, 0.29) is 41.1 Å². The van der Waals surface area contributed by atoms with Crippen LogP contribution in [0.2, 0.25) is 0 Å². The summed E-state index contributed by atoms with van der Waals surface area (Å²) in [4.78, 5) is 37.7. The number of hydrogen-bond donors (Lipinski definition) is 1. The Labute approximate surface area is 190 Å². The Bertz CT molecular complexity index is 1090. The number of carbonyl (C=O) groups excluding carboxylic acids is 3. The molecule has 2 rings (SSSR count). The van der Waals surface area contributed by atoms with E-state index in [1.807, 2.05) is 0 Å². The molecule has 0 aliphatic carbocycles. The highest BCUT2D eigenvalue weighted by Crippen LogP contribution is 2.38. The average Bonchev–Trinajstić information content (AvgIpc) is 2.72. The largest absolute Gasteiger partial charge is 0.454 e. The molecule has 33 heavy (non-hydrogen) atoms. The van der Waals surface area contributed by atoms with Crippen LogP contribution in [0.5, 0.6) is 11.5 Å². The number of anilines is 1. The van der Waals surface area contributed by atoms with Crippen LogP contribution in [0.1, 0.15) is 12.5 Å². The molecule has 1 heterocycles. The molecule has 0 spiro atoms. The van der Waals surface area contributed by atoms with Crippen molar-refractivity contribution in [2.45, 2.75) is 25.0 Å². The van der Waals surface area contributed by atoms with Gasteiger partial charge in [-0.3, -0.25) is 19.7 Å². The Balaban J connectivity index is 2.47. The van der Waals surface area contributed by atoms with Crippen molar-refractivity contribution in [2.75, 3.05) is 17.7 Å². The van der Waals surface area contributed by atoms with Crippen molar-refractivity contribution >= 4 is 35.5 Å². The fraction of sp³-hybridized carbons (Fsp3) is 0.238. The van der Waals surface area contributed by atoms with Gasteiger partial charge in [-0.25, -0.2) is 9.37 Å². The zero-order chi connectivity index (χ0) is 24.8. The third-order valence-corrected chi connectivity index (χ3v) is 5.23. The molecule has 1 N–H and O–H groups in total. The lowest BCUT2D eigenvalue weighted by molar-refractivity contribution is -0.123. The van der Waals surface area contributed by atoms with Gasteiger partial charge in [-0.05, 0) is 37.6 Å². The number of nitrogens with one attached hydrogen (secondary N) is 1. The second-order valence-electron chi connectivity index (χ2n) is 6.68. The van der Waals surface area contributed by atoms with Gasteiger partial charge < -0.3 is 9.64 Å². The average molecular weight is 485 g/mol. The van der Waals surface area contributed by atoms with Crippen LogP contribution < -0.4 is 15.0 Å². The van der Waals surface area contributed by atoms with Crippen LogP contribution in [-0.2, 0) is 14.4 Å². The molecule has 12 heteroatoms. The van der Waals surface area contributed by atoms with Gasteiger partial charge >= 0.3 is 6.18 Å². The molecular weight excluding hydrogens is 466 g/mol. The number of Topliss-reactive ketones (excluding diaryl/α,β-unsaturated/α-hetero) is 1. The van der Waals surface area contributed by atoms with Gasteiger partial charge in [0.2, 0.25) is 6.41 Å². The second kappa shape index (κ2) is 10.9. The van der Waals surface area contributed by atoms with Crippen molar-refractivity contribution in [1.82, 2.24) is 10.3 Å². The molecule has 0 bridgehead atoms. The number of pyridine rings is 1. The van der Waals surface area contributed by atoms with Crippen LogP contribution in [0.4, 0.5) is 23.2 Å². The maximum absolute atomic E-state index is 14.6. The minimum Gasteiger partial charge on any atom is -0.454 e. The molecule has 0 fully saturated rings. The molecule has 176 valence electrons. The summed E-state index contributed by atoms with van der Waals surface area (Å²) in [5.41, 5.74) is -1.75. The highest BCUT2D eigenvalue weighted by Gasteiger charge is 2.38. The van der Waals surface area contributed by atoms with Crippen LogP contribution in [0, 0.1) is 12.7 Å². The molecule has 0 aliphatic heterocycles. The monoisotopic (exact) mass is 485 g/mol. The first-order valence-electron chi connectivity index (χ1n) is 9.26. The third kappa shape index (κ3) is 7.04. The number of alkyl halides is 3. The number of aromatic nitrogens is 1. The summed E-state index contributed by atoms with van der Waals surface area (Å²) in [7, 11) is 0.920. The molecule has 2 aromatic rings. The molecule has 1 aromatic carbocycles. The van der Waals surface area contributed by atoms with E-state index in [0.29, 0.717) is 9.93 Å². The fourth-order valence-corrected chi connectivity index (χ4v) is 3.31. The van der Waals surface area contributed by atoms with Crippen molar-refractivity contribution in [3.8, 4) is 11.5 Å². The Morgan fingerprint density at radius 2 is 1.97 bits per heavy atom. The summed E-state index contributed by atoms with van der Waals surface area (Å²) in [6.07, 6.45) is -3.48. The van der Waals surface area contributed by atoms with Gasteiger partial charge in [0.05, 0.1) is 11.4 Å². The van der Waals surface area contributed by atoms with E-state index in [9.17, 15) is 31.9 Å². The maximum atomic E-state index is 14.6. The first kappa shape index (κ1) is 25.8. The first-order chi connectivity index (χ1) is 15.4. The summed E-state index contributed by atoms with van der Waals surface area (Å²) in [5.74, 6) is -2.02. The molecule has 0 unspecified atom stereocenters. The van der Waals surface area contributed by atoms with Crippen LogP contribution >= 0.6 is 11.8 Å². The summed E-state index contributed by atoms with van der Waals surface area (Å²) in [6, 6.07) is 5.15. The highest BCUT2D eigenvalue weighted by molar-refractivity contribution is 8.00. The molecule has 0 atom stereocenters. The molecule has 7 nitrogen and oxygen atoms in total. The van der Waals surface area contributed by atoms with Gasteiger partial charge in [0.15, 0.2) is 5.75 Å². The normalized spacial score (nSPS) is 11.7. The van der Waals surface area contributed by atoms with Crippen LogP contribution in [0.3, 0.4) is 0 Å². The number of thioether (sulfide) groups is 1. The number of ketones is 1. The molecule has 0 saturated carbocycles. The van der Waals surface area contributed by atoms with Gasteiger partial charge in [0.1, 0.15) is 28.1 Å². The van der Waals surface area contributed by atoms with Crippen molar-refractivity contribution in [2.24, 2.45) is 0 Å². The zero-order valence-corrected chi connectivity index (χ0v) is 18.5. The molecule has 2 amide bonds. The number of carbonyl (C=O) groups is 3. The number of amides is 2. The standard InChI is InChI=1S/C21H19F4N3O4S/c1-12-7-14(22)15(28(3)18(21(23,24)25)9-19(31)27-11-29)8-17(12)32-16-5-4-6-26-20(16)33-10-13(2)30/h4-9,11H,10H2,1-3H3,(H,27,29,31)/b18-9-. The predicted octanol–water partition coefficient (Wildman–Crippen LogP) is 4.16. The fourth-order valence-electron chi connectivity index (χ4n) is 2.58. The van der Waals surface area contributed by atoms with E-state index in [0.717, 1.165) is 30.9 Å². The van der Waals surface area contributed by atoms with Crippen LogP contribution in [-0.4, -0.2) is 42.1 Å². The number of ether oxygens (including phenoxy) is 1. The van der Waals surface area contributed by atoms with Crippen molar-refractivity contribution < 1.29 is 36.7 Å². The van der Waals surface area contributed by atoms with Gasteiger partial charge in [-0.15, -0.1) is 0 Å². The second-order valence-corrected chi connectivity index (χ2v) is 7.65. The van der Waals surface area contributed by atoms with E-state index in [4.69, 9.17) is 4.74 Å². The predicted molar refractivity (Wildman–Crippen MR) is 114 cm³/mol. The zero-order valence-electron chi connectivity index (χ0n) is 17.7. The van der Waals surface area contributed by atoms with E-state index in [1.54, 1.807) is 17.4 Å². The Morgan fingerprint density at radius 3 is 2.58 bits per heavy atom. The van der Waals surface area contributed by atoms with Crippen molar-refractivity contribution in [3.63, 3.8) is 0 Å².